The lowest BCUT2D eigenvalue weighted by atomic mass is 10.6. The molecule has 56 valence electrons. The predicted octanol–water partition coefficient (Wildman–Crippen LogP) is 1.29. The van der Waals surface area contributed by atoms with Gasteiger partial charge in [0.2, 0.25) is 0 Å². The molecule has 2 heterocycles. The standard InChI is InChI=1S/C6H5ClN4/c7-10-5-4-11-6(9-5)2-1-3-8-11/h1-4,10H. The Bertz CT molecular complexity index is 336. The molecule has 11 heavy (non-hydrogen) atoms. The van der Waals surface area contributed by atoms with Crippen molar-refractivity contribution in [1.82, 2.24) is 14.6 Å². The van der Waals surface area contributed by atoms with Gasteiger partial charge < -0.3 is 0 Å². The van der Waals surface area contributed by atoms with E-state index in [0.29, 0.717) is 5.82 Å². The molecular formula is C6H5ClN4. The van der Waals surface area contributed by atoms with Crippen molar-refractivity contribution in [1.29, 1.82) is 0 Å². The summed E-state index contributed by atoms with van der Waals surface area (Å²) in [4.78, 5) is 6.51. The van der Waals surface area contributed by atoms with Crippen LogP contribution in [-0.2, 0) is 0 Å². The Morgan fingerprint density at radius 1 is 1.55 bits per heavy atom. The average molecular weight is 169 g/mol. The maximum absolute atomic E-state index is 5.34. The van der Waals surface area contributed by atoms with Crippen LogP contribution in [0.5, 0.6) is 0 Å². The zero-order valence-corrected chi connectivity index (χ0v) is 6.28. The molecule has 0 saturated heterocycles. The van der Waals surface area contributed by atoms with E-state index in [2.05, 4.69) is 14.9 Å². The van der Waals surface area contributed by atoms with Crippen LogP contribution in [0, 0.1) is 0 Å². The van der Waals surface area contributed by atoms with Crippen LogP contribution in [0.1, 0.15) is 0 Å². The molecule has 5 heteroatoms. The summed E-state index contributed by atoms with van der Waals surface area (Å²) >= 11 is 5.34. The predicted molar refractivity (Wildman–Crippen MR) is 42.5 cm³/mol. The highest BCUT2D eigenvalue weighted by Crippen LogP contribution is 2.07. The quantitative estimate of drug-likeness (QED) is 0.653. The maximum atomic E-state index is 5.34. The van der Waals surface area contributed by atoms with E-state index >= 15 is 0 Å². The van der Waals surface area contributed by atoms with Gasteiger partial charge in [0.05, 0.1) is 6.20 Å². The third-order valence-electron chi connectivity index (χ3n) is 1.33. The van der Waals surface area contributed by atoms with E-state index in [4.69, 9.17) is 11.8 Å². The molecule has 0 aliphatic carbocycles. The lowest BCUT2D eigenvalue weighted by Gasteiger charge is -1.85. The van der Waals surface area contributed by atoms with Crippen molar-refractivity contribution in [2.24, 2.45) is 0 Å². The third-order valence-corrected chi connectivity index (χ3v) is 1.53. The van der Waals surface area contributed by atoms with Crippen LogP contribution in [0.3, 0.4) is 0 Å². The van der Waals surface area contributed by atoms with E-state index in [-0.39, 0.29) is 0 Å². The second kappa shape index (κ2) is 2.39. The van der Waals surface area contributed by atoms with E-state index < -0.39 is 0 Å². The third kappa shape index (κ3) is 1.01. The Hall–Kier alpha value is -1.29. The first-order valence-electron chi connectivity index (χ1n) is 3.07. The highest BCUT2D eigenvalue weighted by molar-refractivity contribution is 6.23. The van der Waals surface area contributed by atoms with Crippen LogP contribution in [0.15, 0.2) is 24.5 Å². The summed E-state index contributed by atoms with van der Waals surface area (Å²) in [7, 11) is 0. The molecule has 0 amide bonds. The molecule has 2 aromatic rings. The van der Waals surface area contributed by atoms with Crippen LogP contribution in [0.25, 0.3) is 5.65 Å². The van der Waals surface area contributed by atoms with Gasteiger partial charge in [0, 0.05) is 18.0 Å². The summed E-state index contributed by atoms with van der Waals surface area (Å²) < 4.78 is 1.64. The monoisotopic (exact) mass is 168 g/mol. The number of nitrogens with one attached hydrogen (secondary N) is 1. The first-order chi connectivity index (χ1) is 5.40. The zero-order valence-electron chi connectivity index (χ0n) is 5.53. The summed E-state index contributed by atoms with van der Waals surface area (Å²) in [6.45, 7) is 0. The number of aromatic nitrogens is 3. The topological polar surface area (TPSA) is 42.2 Å². The fourth-order valence-electron chi connectivity index (χ4n) is 0.877. The second-order valence-corrected chi connectivity index (χ2v) is 2.24. The van der Waals surface area contributed by atoms with Crippen molar-refractivity contribution < 1.29 is 0 Å². The number of halogens is 1. The number of fused-ring (bicyclic) bond motifs is 1. The van der Waals surface area contributed by atoms with Gasteiger partial charge in [0.1, 0.15) is 0 Å². The number of imidazole rings is 1. The molecule has 0 spiro atoms. The van der Waals surface area contributed by atoms with Crippen molar-refractivity contribution in [3.8, 4) is 0 Å². The summed E-state index contributed by atoms with van der Waals surface area (Å²) in [5.41, 5.74) is 0.774. The highest BCUT2D eigenvalue weighted by atomic mass is 35.5. The minimum atomic E-state index is 0.602. The molecule has 0 atom stereocenters. The van der Waals surface area contributed by atoms with Crippen LogP contribution < -0.4 is 4.84 Å². The van der Waals surface area contributed by atoms with E-state index in [0.717, 1.165) is 5.65 Å². The van der Waals surface area contributed by atoms with Gasteiger partial charge in [-0.3, -0.25) is 4.84 Å². The summed E-state index contributed by atoms with van der Waals surface area (Å²) in [5.74, 6) is 0.602. The summed E-state index contributed by atoms with van der Waals surface area (Å²) in [6.07, 6.45) is 3.40. The Balaban J connectivity index is 2.69. The fraction of sp³-hybridized carbons (Fsp3) is 0. The van der Waals surface area contributed by atoms with Crippen molar-refractivity contribution in [2.75, 3.05) is 4.84 Å². The van der Waals surface area contributed by atoms with Gasteiger partial charge in [-0.15, -0.1) is 0 Å². The van der Waals surface area contributed by atoms with Crippen molar-refractivity contribution >= 4 is 23.2 Å². The molecule has 2 rings (SSSR count). The van der Waals surface area contributed by atoms with E-state index in [1.54, 1.807) is 16.9 Å². The molecule has 0 radical (unpaired) electrons. The van der Waals surface area contributed by atoms with Crippen molar-refractivity contribution in [3.05, 3.63) is 24.5 Å². The van der Waals surface area contributed by atoms with Gasteiger partial charge in [-0.1, -0.05) is 0 Å². The molecule has 0 fully saturated rings. The Morgan fingerprint density at radius 2 is 2.45 bits per heavy atom. The first-order valence-corrected chi connectivity index (χ1v) is 3.45. The van der Waals surface area contributed by atoms with E-state index in [1.807, 2.05) is 12.1 Å². The molecule has 0 bridgehead atoms. The number of hydrogen-bond donors (Lipinski definition) is 1. The Kier molecular flexibility index (Phi) is 1.40. The molecule has 0 aliphatic rings. The van der Waals surface area contributed by atoms with Crippen LogP contribution in [-0.4, -0.2) is 14.6 Å². The molecule has 2 aromatic heterocycles. The fourth-order valence-corrected chi connectivity index (χ4v) is 0.968. The molecule has 4 nitrogen and oxygen atoms in total. The van der Waals surface area contributed by atoms with Crippen molar-refractivity contribution in [3.63, 3.8) is 0 Å². The average Bonchev–Trinajstić information content (AvgIpc) is 2.46. The molecule has 1 N–H and O–H groups in total. The normalized spacial score (nSPS) is 10.3. The van der Waals surface area contributed by atoms with Crippen LogP contribution in [0.2, 0.25) is 0 Å². The first kappa shape index (κ1) is 6.42. The molecule has 0 aromatic carbocycles. The lowest BCUT2D eigenvalue weighted by Crippen LogP contribution is -1.85. The smallest absolute Gasteiger partial charge is 0.161 e. The van der Waals surface area contributed by atoms with Crippen LogP contribution >= 0.6 is 11.8 Å². The van der Waals surface area contributed by atoms with Crippen LogP contribution in [0.4, 0.5) is 5.82 Å². The Labute approximate surface area is 67.9 Å². The number of rotatable bonds is 1. The molecule has 0 saturated carbocycles. The van der Waals surface area contributed by atoms with E-state index in [1.165, 1.54) is 0 Å². The number of nitrogens with zero attached hydrogens (tertiary/aromatic N) is 3. The zero-order chi connectivity index (χ0) is 7.68. The van der Waals surface area contributed by atoms with Crippen molar-refractivity contribution in [2.45, 2.75) is 0 Å². The van der Waals surface area contributed by atoms with Gasteiger partial charge in [0.15, 0.2) is 11.5 Å². The minimum Gasteiger partial charge on any atom is -0.281 e. The highest BCUT2D eigenvalue weighted by Gasteiger charge is 1.97. The minimum absolute atomic E-state index is 0.602. The lowest BCUT2D eigenvalue weighted by molar-refractivity contribution is 0.936. The summed E-state index contributed by atoms with van der Waals surface area (Å²) in [6, 6.07) is 3.67. The largest absolute Gasteiger partial charge is 0.281 e. The molecule has 0 unspecified atom stereocenters. The summed E-state index contributed by atoms with van der Waals surface area (Å²) in [5, 5.41) is 4.01. The van der Waals surface area contributed by atoms with Gasteiger partial charge in [-0.2, -0.15) is 5.10 Å². The second-order valence-electron chi connectivity index (χ2n) is 2.05. The maximum Gasteiger partial charge on any atom is 0.161 e. The number of anilines is 1. The molecular weight excluding hydrogens is 164 g/mol. The SMILES string of the molecule is ClNc1cn2ncccc2n1. The molecule has 0 aliphatic heterocycles. The Morgan fingerprint density at radius 3 is 3.18 bits per heavy atom. The van der Waals surface area contributed by atoms with Gasteiger partial charge in [-0.05, 0) is 12.1 Å². The van der Waals surface area contributed by atoms with Gasteiger partial charge >= 0.3 is 0 Å². The van der Waals surface area contributed by atoms with E-state index in [9.17, 15) is 0 Å². The van der Waals surface area contributed by atoms with Gasteiger partial charge in [0.25, 0.3) is 0 Å². The van der Waals surface area contributed by atoms with Gasteiger partial charge in [-0.25, -0.2) is 9.50 Å². The number of hydrogen-bond acceptors (Lipinski definition) is 3.